The fourth-order valence-electron chi connectivity index (χ4n) is 1.92. The van der Waals surface area contributed by atoms with E-state index < -0.39 is 6.10 Å². The van der Waals surface area contributed by atoms with Crippen LogP contribution in [0, 0.1) is 0 Å². The molecule has 1 aromatic carbocycles. The summed E-state index contributed by atoms with van der Waals surface area (Å²) < 4.78 is 5.24. The molecule has 20 heavy (non-hydrogen) atoms. The minimum atomic E-state index is -0.443. The number of nitrogens with one attached hydrogen (secondary N) is 1. The number of carbonyl (C=O) groups excluding carboxylic acids is 2. The van der Waals surface area contributed by atoms with Gasteiger partial charge in [0.1, 0.15) is 5.75 Å². The summed E-state index contributed by atoms with van der Waals surface area (Å²) in [7, 11) is 1.68. The fourth-order valence-corrected chi connectivity index (χ4v) is 1.92. The molecule has 2 rings (SSSR count). The SMILES string of the molecule is CC(O)CCN(C)C(=O)c1ccc2c(c1)NC(=O)CO2. The molecule has 0 aliphatic carbocycles. The van der Waals surface area contributed by atoms with Crippen LogP contribution in [-0.2, 0) is 4.79 Å². The van der Waals surface area contributed by atoms with Crippen molar-refractivity contribution in [3.8, 4) is 5.75 Å². The Kier molecular flexibility index (Phi) is 4.24. The maximum atomic E-state index is 12.2. The minimum Gasteiger partial charge on any atom is -0.482 e. The van der Waals surface area contributed by atoms with Crippen LogP contribution < -0.4 is 10.1 Å². The van der Waals surface area contributed by atoms with Crippen LogP contribution in [0.3, 0.4) is 0 Å². The predicted octanol–water partition coefficient (Wildman–Crippen LogP) is 0.860. The summed E-state index contributed by atoms with van der Waals surface area (Å²) in [5.41, 5.74) is 0.985. The molecule has 2 N–H and O–H groups in total. The molecule has 0 fully saturated rings. The molecule has 2 amide bonds. The topological polar surface area (TPSA) is 78.9 Å². The molecule has 0 saturated carbocycles. The van der Waals surface area contributed by atoms with Gasteiger partial charge in [-0.25, -0.2) is 0 Å². The summed E-state index contributed by atoms with van der Waals surface area (Å²) in [6.07, 6.45) is 0.0778. The molecular formula is C14H18N2O4. The quantitative estimate of drug-likeness (QED) is 0.856. The zero-order valence-electron chi connectivity index (χ0n) is 11.5. The lowest BCUT2D eigenvalue weighted by Crippen LogP contribution is -2.30. The molecule has 0 aromatic heterocycles. The number of hydrogen-bond acceptors (Lipinski definition) is 4. The van der Waals surface area contributed by atoms with Crippen molar-refractivity contribution in [1.29, 1.82) is 0 Å². The second-order valence-electron chi connectivity index (χ2n) is 4.91. The third-order valence-corrected chi connectivity index (χ3v) is 3.09. The third-order valence-electron chi connectivity index (χ3n) is 3.09. The fraction of sp³-hybridized carbons (Fsp3) is 0.429. The number of anilines is 1. The van der Waals surface area contributed by atoms with Crippen LogP contribution in [0.15, 0.2) is 18.2 Å². The Morgan fingerprint density at radius 1 is 1.55 bits per heavy atom. The third kappa shape index (κ3) is 3.27. The molecule has 6 heteroatoms. The van der Waals surface area contributed by atoms with Crippen LogP contribution in [0.5, 0.6) is 5.75 Å². The molecular weight excluding hydrogens is 260 g/mol. The van der Waals surface area contributed by atoms with Crippen LogP contribution in [0.2, 0.25) is 0 Å². The number of carbonyl (C=O) groups is 2. The van der Waals surface area contributed by atoms with E-state index >= 15 is 0 Å². The van der Waals surface area contributed by atoms with E-state index in [-0.39, 0.29) is 18.4 Å². The van der Waals surface area contributed by atoms with Crippen LogP contribution in [0.25, 0.3) is 0 Å². The lowest BCUT2D eigenvalue weighted by atomic mass is 10.1. The van der Waals surface area contributed by atoms with Gasteiger partial charge in [0.25, 0.3) is 11.8 Å². The van der Waals surface area contributed by atoms with E-state index in [0.29, 0.717) is 30.0 Å². The summed E-state index contributed by atoms with van der Waals surface area (Å²) in [5.74, 6) is 0.172. The largest absolute Gasteiger partial charge is 0.482 e. The molecule has 0 saturated heterocycles. The van der Waals surface area contributed by atoms with Crippen molar-refractivity contribution in [3.05, 3.63) is 23.8 Å². The van der Waals surface area contributed by atoms with Gasteiger partial charge in [-0.15, -0.1) is 0 Å². The zero-order valence-corrected chi connectivity index (χ0v) is 11.5. The standard InChI is InChI=1S/C14H18N2O4/c1-9(17)5-6-16(2)14(19)10-3-4-12-11(7-10)15-13(18)8-20-12/h3-4,7,9,17H,5-6,8H2,1-2H3,(H,15,18). The van der Waals surface area contributed by atoms with E-state index in [2.05, 4.69) is 5.32 Å². The number of nitrogens with zero attached hydrogens (tertiary/aromatic N) is 1. The second-order valence-corrected chi connectivity index (χ2v) is 4.91. The predicted molar refractivity (Wildman–Crippen MR) is 73.8 cm³/mol. The van der Waals surface area contributed by atoms with Gasteiger partial charge in [0.2, 0.25) is 0 Å². The van der Waals surface area contributed by atoms with Crippen LogP contribution >= 0.6 is 0 Å². The van der Waals surface area contributed by atoms with Crippen molar-refractivity contribution < 1.29 is 19.4 Å². The first-order valence-corrected chi connectivity index (χ1v) is 6.47. The van der Waals surface area contributed by atoms with Crippen molar-refractivity contribution in [2.75, 3.05) is 25.5 Å². The smallest absolute Gasteiger partial charge is 0.262 e. The number of aliphatic hydroxyl groups is 1. The summed E-state index contributed by atoms with van der Waals surface area (Å²) in [6.45, 7) is 2.15. The monoisotopic (exact) mass is 278 g/mol. The molecule has 0 bridgehead atoms. The Morgan fingerprint density at radius 2 is 2.30 bits per heavy atom. The Hall–Kier alpha value is -2.08. The lowest BCUT2D eigenvalue weighted by Gasteiger charge is -2.21. The molecule has 0 radical (unpaired) electrons. The molecule has 108 valence electrons. The van der Waals surface area contributed by atoms with Gasteiger partial charge in [-0.1, -0.05) is 0 Å². The highest BCUT2D eigenvalue weighted by atomic mass is 16.5. The van der Waals surface area contributed by atoms with E-state index in [1.807, 2.05) is 0 Å². The van der Waals surface area contributed by atoms with Crippen LogP contribution in [0.1, 0.15) is 23.7 Å². The molecule has 1 atom stereocenters. The number of amides is 2. The van der Waals surface area contributed by atoms with E-state index in [0.717, 1.165) is 0 Å². The van der Waals surface area contributed by atoms with Crippen molar-refractivity contribution in [1.82, 2.24) is 4.90 Å². The van der Waals surface area contributed by atoms with Gasteiger partial charge in [0.15, 0.2) is 6.61 Å². The van der Waals surface area contributed by atoms with Crippen molar-refractivity contribution in [2.24, 2.45) is 0 Å². The van der Waals surface area contributed by atoms with E-state index in [1.165, 1.54) is 0 Å². The lowest BCUT2D eigenvalue weighted by molar-refractivity contribution is -0.118. The number of hydrogen-bond donors (Lipinski definition) is 2. The molecule has 1 heterocycles. The molecule has 1 aliphatic rings. The Bertz CT molecular complexity index is 528. The van der Waals surface area contributed by atoms with Gasteiger partial charge in [0.05, 0.1) is 11.8 Å². The van der Waals surface area contributed by atoms with Crippen LogP contribution in [0.4, 0.5) is 5.69 Å². The summed E-state index contributed by atoms with van der Waals surface area (Å²) in [5, 5.41) is 11.9. The Morgan fingerprint density at radius 3 is 3.00 bits per heavy atom. The number of benzene rings is 1. The maximum absolute atomic E-state index is 12.2. The second kappa shape index (κ2) is 5.92. The highest BCUT2D eigenvalue weighted by molar-refractivity contribution is 5.99. The van der Waals surface area contributed by atoms with Gasteiger partial charge in [-0.05, 0) is 31.5 Å². The van der Waals surface area contributed by atoms with E-state index in [4.69, 9.17) is 4.74 Å². The average Bonchev–Trinajstić information content (AvgIpc) is 2.43. The van der Waals surface area contributed by atoms with Gasteiger partial charge in [-0.3, -0.25) is 9.59 Å². The highest BCUT2D eigenvalue weighted by Crippen LogP contribution is 2.28. The molecule has 6 nitrogen and oxygen atoms in total. The number of ether oxygens (including phenoxy) is 1. The van der Waals surface area contributed by atoms with Crippen LogP contribution in [-0.4, -0.2) is 48.1 Å². The van der Waals surface area contributed by atoms with Gasteiger partial charge >= 0.3 is 0 Å². The minimum absolute atomic E-state index is 0.00537. The zero-order chi connectivity index (χ0) is 14.7. The van der Waals surface area contributed by atoms with Gasteiger partial charge < -0.3 is 20.1 Å². The summed E-state index contributed by atoms with van der Waals surface area (Å²) >= 11 is 0. The molecule has 0 spiro atoms. The summed E-state index contributed by atoms with van der Waals surface area (Å²) in [6, 6.07) is 4.94. The number of aliphatic hydroxyl groups excluding tert-OH is 1. The Labute approximate surface area is 117 Å². The van der Waals surface area contributed by atoms with Crippen molar-refractivity contribution in [2.45, 2.75) is 19.4 Å². The normalized spacial score (nSPS) is 14.8. The van der Waals surface area contributed by atoms with Crippen molar-refractivity contribution in [3.63, 3.8) is 0 Å². The maximum Gasteiger partial charge on any atom is 0.262 e. The summed E-state index contributed by atoms with van der Waals surface area (Å²) in [4.78, 5) is 25.0. The molecule has 1 aromatic rings. The average molecular weight is 278 g/mol. The first-order chi connectivity index (χ1) is 9.47. The first-order valence-electron chi connectivity index (χ1n) is 6.47. The molecule has 1 unspecified atom stereocenters. The van der Waals surface area contributed by atoms with Gasteiger partial charge in [-0.2, -0.15) is 0 Å². The van der Waals surface area contributed by atoms with E-state index in [9.17, 15) is 14.7 Å². The molecule has 1 aliphatic heterocycles. The number of rotatable bonds is 4. The van der Waals surface area contributed by atoms with Gasteiger partial charge in [0, 0.05) is 19.2 Å². The first kappa shape index (κ1) is 14.3. The highest BCUT2D eigenvalue weighted by Gasteiger charge is 2.19. The van der Waals surface area contributed by atoms with Crippen molar-refractivity contribution >= 4 is 17.5 Å². The Balaban J connectivity index is 2.10. The number of fused-ring (bicyclic) bond motifs is 1. The van der Waals surface area contributed by atoms with E-state index in [1.54, 1.807) is 37.1 Å².